The fraction of sp³-hybridized carbons (Fsp3) is 0.143. The molecule has 0 radical (unpaired) electrons. The van der Waals surface area contributed by atoms with Crippen LogP contribution in [0.1, 0.15) is 39.0 Å². The lowest BCUT2D eigenvalue weighted by Crippen LogP contribution is -2.09. The summed E-state index contributed by atoms with van der Waals surface area (Å²) >= 11 is 0. The summed E-state index contributed by atoms with van der Waals surface area (Å²) in [7, 11) is 1.60. The number of hydrogen-bond acceptors (Lipinski definition) is 6. The quantitative estimate of drug-likeness (QED) is 0.135. The molecule has 6 heteroatoms. The zero-order valence-electron chi connectivity index (χ0n) is 19.2. The van der Waals surface area contributed by atoms with Crippen LogP contribution in [0.4, 0.5) is 0 Å². The molecule has 0 unspecified atom stereocenters. The number of methoxy groups -OCH3 is 1. The maximum Gasteiger partial charge on any atom is 0.347 e. The Morgan fingerprint density at radius 1 is 0.912 bits per heavy atom. The van der Waals surface area contributed by atoms with Crippen LogP contribution in [0.25, 0.3) is 17.0 Å². The summed E-state index contributed by atoms with van der Waals surface area (Å²) in [6, 6.07) is 19.1. The van der Waals surface area contributed by atoms with Crippen molar-refractivity contribution in [3.63, 3.8) is 0 Å². The fourth-order valence-electron chi connectivity index (χ4n) is 3.54. The van der Waals surface area contributed by atoms with E-state index < -0.39 is 5.97 Å². The highest BCUT2D eigenvalue weighted by atomic mass is 16.5. The molecule has 0 aliphatic heterocycles. The van der Waals surface area contributed by atoms with Gasteiger partial charge in [-0.2, -0.15) is 0 Å². The van der Waals surface area contributed by atoms with Gasteiger partial charge in [0.1, 0.15) is 34.2 Å². The first-order chi connectivity index (χ1) is 16.5. The van der Waals surface area contributed by atoms with Gasteiger partial charge in [-0.25, -0.2) is 4.79 Å². The normalized spacial score (nSPS) is 11.0. The third-order valence-electron chi connectivity index (χ3n) is 5.24. The van der Waals surface area contributed by atoms with Crippen LogP contribution in [-0.4, -0.2) is 25.5 Å². The molecule has 0 N–H and O–H groups in total. The Hall–Kier alpha value is -4.32. The van der Waals surface area contributed by atoms with Crippen molar-refractivity contribution in [3.8, 4) is 17.2 Å². The third-order valence-corrected chi connectivity index (χ3v) is 5.24. The van der Waals surface area contributed by atoms with Crippen molar-refractivity contribution in [1.82, 2.24) is 0 Å². The van der Waals surface area contributed by atoms with E-state index in [1.165, 1.54) is 6.08 Å². The average molecular weight is 456 g/mol. The Kier molecular flexibility index (Phi) is 6.78. The van der Waals surface area contributed by atoms with Gasteiger partial charge in [-0.1, -0.05) is 18.2 Å². The highest BCUT2D eigenvalue weighted by molar-refractivity contribution is 6.07. The van der Waals surface area contributed by atoms with E-state index in [1.54, 1.807) is 62.6 Å². The minimum Gasteiger partial charge on any atom is -0.497 e. The van der Waals surface area contributed by atoms with Crippen LogP contribution in [0.2, 0.25) is 0 Å². The molecule has 0 aliphatic rings. The molecule has 0 aliphatic carbocycles. The number of aryl methyl sites for hydroxylation is 1. The zero-order chi connectivity index (χ0) is 24.1. The molecular weight excluding hydrogens is 432 g/mol. The van der Waals surface area contributed by atoms with Crippen LogP contribution in [0.3, 0.4) is 0 Å². The van der Waals surface area contributed by atoms with Crippen LogP contribution >= 0.6 is 0 Å². The first kappa shape index (κ1) is 22.9. The molecule has 0 atom stereocenters. The van der Waals surface area contributed by atoms with Crippen LogP contribution < -0.4 is 14.2 Å². The van der Waals surface area contributed by atoms with E-state index in [9.17, 15) is 9.59 Å². The maximum atomic E-state index is 12.9. The molecule has 3 aromatic carbocycles. The first-order valence-electron chi connectivity index (χ1n) is 10.8. The summed E-state index contributed by atoms with van der Waals surface area (Å²) in [5.74, 6) is 1.49. The number of carbonyl (C=O) groups is 2. The highest BCUT2D eigenvalue weighted by Gasteiger charge is 2.21. The minimum absolute atomic E-state index is 0.158. The lowest BCUT2D eigenvalue weighted by atomic mass is 10.1. The lowest BCUT2D eigenvalue weighted by Gasteiger charge is -2.06. The average Bonchev–Trinajstić information content (AvgIpc) is 3.18. The molecule has 0 fully saturated rings. The standard InChI is InChI=1S/C28H24O6/c1-4-32-23-14-16-26-24(17-23)27(18(2)33-26)28(30)34-22-12-8-20(9-13-22)25(29)15-7-19-5-10-21(31-3)11-6-19/h5-17H,4H2,1-3H3/b15-7+. The van der Waals surface area contributed by atoms with Crippen molar-refractivity contribution in [2.24, 2.45) is 0 Å². The van der Waals surface area contributed by atoms with Crippen molar-refractivity contribution in [1.29, 1.82) is 0 Å². The van der Waals surface area contributed by atoms with Gasteiger partial charge in [0.25, 0.3) is 0 Å². The second kappa shape index (κ2) is 10.1. The maximum absolute atomic E-state index is 12.9. The minimum atomic E-state index is -0.539. The number of rotatable bonds is 8. The number of carbonyl (C=O) groups excluding carboxylic acids is 2. The molecule has 0 bridgehead atoms. The Labute approximate surface area is 197 Å². The van der Waals surface area contributed by atoms with Gasteiger partial charge in [0.2, 0.25) is 0 Å². The number of ether oxygens (including phenoxy) is 3. The Bertz CT molecular complexity index is 1340. The van der Waals surface area contributed by atoms with Gasteiger partial charge in [-0.05, 0) is 80.1 Å². The molecule has 0 spiro atoms. The van der Waals surface area contributed by atoms with E-state index in [0.29, 0.717) is 46.0 Å². The highest BCUT2D eigenvalue weighted by Crippen LogP contribution is 2.30. The number of furan rings is 1. The largest absolute Gasteiger partial charge is 0.497 e. The molecule has 34 heavy (non-hydrogen) atoms. The summed E-state index contributed by atoms with van der Waals surface area (Å²) in [6.45, 7) is 4.12. The van der Waals surface area contributed by atoms with Crippen molar-refractivity contribution in [2.45, 2.75) is 13.8 Å². The van der Waals surface area contributed by atoms with Gasteiger partial charge < -0.3 is 18.6 Å². The Morgan fingerprint density at radius 2 is 1.59 bits per heavy atom. The van der Waals surface area contributed by atoms with Gasteiger partial charge in [-0.15, -0.1) is 0 Å². The molecular formula is C28H24O6. The molecule has 0 saturated heterocycles. The van der Waals surface area contributed by atoms with Crippen LogP contribution in [0.15, 0.2) is 77.2 Å². The Balaban J connectivity index is 1.46. The van der Waals surface area contributed by atoms with Crippen molar-refractivity contribution in [2.75, 3.05) is 13.7 Å². The predicted molar refractivity (Wildman–Crippen MR) is 130 cm³/mol. The molecule has 4 aromatic rings. The fourth-order valence-corrected chi connectivity index (χ4v) is 3.54. The van der Waals surface area contributed by atoms with E-state index >= 15 is 0 Å². The van der Waals surface area contributed by atoms with E-state index in [-0.39, 0.29) is 5.78 Å². The predicted octanol–water partition coefficient (Wildman–Crippen LogP) is 6.26. The monoisotopic (exact) mass is 456 g/mol. The topological polar surface area (TPSA) is 75.0 Å². The summed E-state index contributed by atoms with van der Waals surface area (Å²) in [6.07, 6.45) is 3.23. The number of ketones is 1. The summed E-state index contributed by atoms with van der Waals surface area (Å²) in [5.41, 5.74) is 2.29. The summed E-state index contributed by atoms with van der Waals surface area (Å²) in [5, 5.41) is 0.629. The second-order valence-electron chi connectivity index (χ2n) is 7.51. The van der Waals surface area contributed by atoms with Crippen molar-refractivity contribution in [3.05, 3.63) is 95.3 Å². The molecule has 4 rings (SSSR count). The smallest absolute Gasteiger partial charge is 0.347 e. The van der Waals surface area contributed by atoms with Crippen molar-refractivity contribution >= 4 is 28.8 Å². The van der Waals surface area contributed by atoms with Gasteiger partial charge in [0.15, 0.2) is 5.78 Å². The van der Waals surface area contributed by atoms with Crippen LogP contribution in [0.5, 0.6) is 17.2 Å². The zero-order valence-corrected chi connectivity index (χ0v) is 19.2. The van der Waals surface area contributed by atoms with E-state index in [1.807, 2.05) is 31.2 Å². The molecule has 6 nitrogen and oxygen atoms in total. The van der Waals surface area contributed by atoms with Crippen LogP contribution in [-0.2, 0) is 0 Å². The van der Waals surface area contributed by atoms with E-state index in [0.717, 1.165) is 11.3 Å². The number of esters is 1. The van der Waals surface area contributed by atoms with Gasteiger partial charge in [0.05, 0.1) is 13.7 Å². The molecule has 1 heterocycles. The second-order valence-corrected chi connectivity index (χ2v) is 7.51. The van der Waals surface area contributed by atoms with Crippen molar-refractivity contribution < 1.29 is 28.2 Å². The molecule has 0 amide bonds. The number of hydrogen-bond donors (Lipinski definition) is 0. The number of fused-ring (bicyclic) bond motifs is 1. The van der Waals surface area contributed by atoms with E-state index in [4.69, 9.17) is 18.6 Å². The number of benzene rings is 3. The van der Waals surface area contributed by atoms with Gasteiger partial charge in [-0.3, -0.25) is 4.79 Å². The first-order valence-corrected chi connectivity index (χ1v) is 10.8. The lowest BCUT2D eigenvalue weighted by molar-refractivity contribution is 0.0734. The SMILES string of the molecule is CCOc1ccc2oc(C)c(C(=O)Oc3ccc(C(=O)/C=C/c4ccc(OC)cc4)cc3)c2c1. The van der Waals surface area contributed by atoms with Gasteiger partial charge in [0, 0.05) is 10.9 Å². The Morgan fingerprint density at radius 3 is 2.26 bits per heavy atom. The third kappa shape index (κ3) is 5.02. The summed E-state index contributed by atoms with van der Waals surface area (Å²) in [4.78, 5) is 25.4. The molecule has 172 valence electrons. The molecule has 1 aromatic heterocycles. The number of allylic oxidation sites excluding steroid dienone is 1. The van der Waals surface area contributed by atoms with Gasteiger partial charge >= 0.3 is 5.97 Å². The summed E-state index contributed by atoms with van der Waals surface area (Å²) < 4.78 is 21.9. The van der Waals surface area contributed by atoms with Crippen LogP contribution in [0, 0.1) is 6.92 Å². The van der Waals surface area contributed by atoms with E-state index in [2.05, 4.69) is 0 Å². The molecule has 0 saturated carbocycles.